The molecule has 3 rings (SSSR count). The van der Waals surface area contributed by atoms with E-state index in [-0.39, 0.29) is 5.54 Å². The maximum atomic E-state index is 6.09. The largest absolute Gasteiger partial charge is 0.325 e. The van der Waals surface area contributed by atoms with Crippen LogP contribution in [0.15, 0.2) is 24.5 Å². The monoisotopic (exact) mass is 215 g/mol. The van der Waals surface area contributed by atoms with E-state index in [1.165, 1.54) is 23.9 Å². The number of aromatic nitrogens is 2. The van der Waals surface area contributed by atoms with Gasteiger partial charge in [0, 0.05) is 11.7 Å². The Kier molecular flexibility index (Phi) is 2.04. The number of hydrogen-bond donors (Lipinski definition) is 1. The first-order chi connectivity index (χ1) is 7.66. The maximum Gasteiger partial charge on any atom is 0.110 e. The van der Waals surface area contributed by atoms with Gasteiger partial charge in [-0.05, 0) is 50.3 Å². The number of rotatable bonds is 3. The second kappa shape index (κ2) is 3.32. The van der Waals surface area contributed by atoms with Crippen molar-refractivity contribution in [3.05, 3.63) is 35.9 Å². The summed E-state index contributed by atoms with van der Waals surface area (Å²) in [4.78, 5) is 4.30. The molecule has 0 amide bonds. The molecular formula is C13H17N3. The van der Waals surface area contributed by atoms with Gasteiger partial charge in [0.1, 0.15) is 5.82 Å². The number of nitrogens with two attached hydrogens (primary N) is 1. The van der Waals surface area contributed by atoms with Crippen LogP contribution in [0.5, 0.6) is 0 Å². The summed E-state index contributed by atoms with van der Waals surface area (Å²) in [6, 6.07) is 4.39. The summed E-state index contributed by atoms with van der Waals surface area (Å²) in [6.45, 7) is 2.02. The number of hydrogen-bond acceptors (Lipinski definition) is 2. The third-order valence-corrected chi connectivity index (χ3v) is 3.59. The highest BCUT2D eigenvalue weighted by Crippen LogP contribution is 2.36. The first-order valence-corrected chi connectivity index (χ1v) is 5.88. The topological polar surface area (TPSA) is 43.3 Å². The molecule has 2 heterocycles. The molecule has 3 heteroatoms. The van der Waals surface area contributed by atoms with E-state index in [0.717, 1.165) is 18.7 Å². The molecular weight excluding hydrogens is 198 g/mol. The van der Waals surface area contributed by atoms with Crippen molar-refractivity contribution >= 4 is 5.52 Å². The predicted octanol–water partition coefficient (Wildman–Crippen LogP) is 2.07. The molecule has 1 fully saturated rings. The van der Waals surface area contributed by atoms with E-state index in [9.17, 15) is 0 Å². The molecule has 2 aromatic heterocycles. The van der Waals surface area contributed by atoms with E-state index in [0.29, 0.717) is 0 Å². The molecule has 2 aromatic rings. The Labute approximate surface area is 95.3 Å². The maximum absolute atomic E-state index is 6.09. The van der Waals surface area contributed by atoms with Crippen LogP contribution in [0, 0.1) is 6.92 Å². The quantitative estimate of drug-likeness (QED) is 0.851. The van der Waals surface area contributed by atoms with Gasteiger partial charge in [0.2, 0.25) is 0 Å². The average molecular weight is 215 g/mol. The zero-order valence-corrected chi connectivity index (χ0v) is 9.61. The zero-order chi connectivity index (χ0) is 11.2. The van der Waals surface area contributed by atoms with Crippen LogP contribution >= 0.6 is 0 Å². The van der Waals surface area contributed by atoms with E-state index < -0.39 is 0 Å². The van der Waals surface area contributed by atoms with Gasteiger partial charge in [-0.1, -0.05) is 0 Å². The van der Waals surface area contributed by atoms with Gasteiger partial charge in [-0.15, -0.1) is 0 Å². The van der Waals surface area contributed by atoms with Crippen molar-refractivity contribution in [3.63, 3.8) is 0 Å². The van der Waals surface area contributed by atoms with Crippen LogP contribution in [0.2, 0.25) is 0 Å². The minimum atomic E-state index is 0.155. The summed E-state index contributed by atoms with van der Waals surface area (Å²) in [5.41, 5.74) is 8.79. The first-order valence-electron chi connectivity index (χ1n) is 5.88. The van der Waals surface area contributed by atoms with E-state index in [2.05, 4.69) is 27.7 Å². The molecule has 0 spiro atoms. The SMILES string of the molecule is Cc1ncc2cc(CCC3(N)CC3)ccn12. The number of pyridine rings is 1. The standard InChI is InChI=1S/C13H17N3/c1-10-15-9-12-8-11(3-7-16(10)12)2-4-13(14)5-6-13/h3,7-9H,2,4-6,14H2,1H3. The number of fused-ring (bicyclic) bond motifs is 1. The van der Waals surface area contributed by atoms with Crippen molar-refractivity contribution < 1.29 is 0 Å². The zero-order valence-electron chi connectivity index (χ0n) is 9.61. The van der Waals surface area contributed by atoms with Crippen molar-refractivity contribution in [2.45, 2.75) is 38.1 Å². The molecule has 1 saturated carbocycles. The highest BCUT2D eigenvalue weighted by molar-refractivity contribution is 5.48. The first kappa shape index (κ1) is 9.85. The predicted molar refractivity (Wildman–Crippen MR) is 64.4 cm³/mol. The summed E-state index contributed by atoms with van der Waals surface area (Å²) in [5.74, 6) is 1.04. The van der Waals surface area contributed by atoms with Gasteiger partial charge in [-0.2, -0.15) is 0 Å². The van der Waals surface area contributed by atoms with Crippen LogP contribution < -0.4 is 5.73 Å². The average Bonchev–Trinajstić information content (AvgIpc) is 2.91. The molecule has 0 unspecified atom stereocenters. The fourth-order valence-electron chi connectivity index (χ4n) is 2.14. The summed E-state index contributed by atoms with van der Waals surface area (Å²) in [5, 5.41) is 0. The molecule has 0 radical (unpaired) electrons. The Balaban J connectivity index is 1.82. The Bertz CT molecular complexity index is 523. The third kappa shape index (κ3) is 1.71. The molecule has 0 aromatic carbocycles. The van der Waals surface area contributed by atoms with Crippen LogP contribution in [-0.2, 0) is 6.42 Å². The van der Waals surface area contributed by atoms with Crippen molar-refractivity contribution in [3.8, 4) is 0 Å². The van der Waals surface area contributed by atoms with Gasteiger partial charge in [0.05, 0.1) is 11.7 Å². The van der Waals surface area contributed by atoms with Gasteiger partial charge >= 0.3 is 0 Å². The summed E-state index contributed by atoms with van der Waals surface area (Å²) < 4.78 is 2.11. The lowest BCUT2D eigenvalue weighted by Gasteiger charge is -2.08. The Hall–Kier alpha value is -1.35. The van der Waals surface area contributed by atoms with Crippen molar-refractivity contribution in [2.24, 2.45) is 5.73 Å². The second-order valence-electron chi connectivity index (χ2n) is 5.00. The molecule has 1 aliphatic carbocycles. The van der Waals surface area contributed by atoms with Crippen molar-refractivity contribution in [2.75, 3.05) is 0 Å². The molecule has 0 saturated heterocycles. The van der Waals surface area contributed by atoms with E-state index in [1.54, 1.807) is 0 Å². The normalized spacial score (nSPS) is 17.9. The number of nitrogens with zero attached hydrogens (tertiary/aromatic N) is 2. The number of imidazole rings is 1. The van der Waals surface area contributed by atoms with Crippen molar-refractivity contribution in [1.29, 1.82) is 0 Å². The molecule has 0 bridgehead atoms. The smallest absolute Gasteiger partial charge is 0.110 e. The molecule has 3 nitrogen and oxygen atoms in total. The van der Waals surface area contributed by atoms with Gasteiger partial charge in [-0.3, -0.25) is 0 Å². The lowest BCUT2D eigenvalue weighted by atomic mass is 10.1. The van der Waals surface area contributed by atoms with Crippen LogP contribution in [0.4, 0.5) is 0 Å². The van der Waals surface area contributed by atoms with Gasteiger partial charge in [0.15, 0.2) is 0 Å². The minimum Gasteiger partial charge on any atom is -0.325 e. The number of aryl methyl sites for hydroxylation is 2. The fourth-order valence-corrected chi connectivity index (χ4v) is 2.14. The molecule has 1 aliphatic rings. The highest BCUT2D eigenvalue weighted by Gasteiger charge is 2.37. The Morgan fingerprint density at radius 2 is 2.31 bits per heavy atom. The minimum absolute atomic E-state index is 0.155. The molecule has 16 heavy (non-hydrogen) atoms. The van der Waals surface area contributed by atoms with Crippen LogP contribution in [0.25, 0.3) is 5.52 Å². The lowest BCUT2D eigenvalue weighted by molar-refractivity contribution is 0.609. The lowest BCUT2D eigenvalue weighted by Crippen LogP contribution is -2.22. The van der Waals surface area contributed by atoms with Gasteiger partial charge < -0.3 is 10.1 Å². The van der Waals surface area contributed by atoms with E-state index in [1.807, 2.05) is 13.1 Å². The molecule has 84 valence electrons. The summed E-state index contributed by atoms with van der Waals surface area (Å²) >= 11 is 0. The highest BCUT2D eigenvalue weighted by atomic mass is 15.0. The molecule has 0 aliphatic heterocycles. The second-order valence-corrected chi connectivity index (χ2v) is 5.00. The van der Waals surface area contributed by atoms with Crippen molar-refractivity contribution in [1.82, 2.24) is 9.38 Å². The van der Waals surface area contributed by atoms with Crippen LogP contribution in [0.1, 0.15) is 30.7 Å². The van der Waals surface area contributed by atoms with Crippen LogP contribution in [0.3, 0.4) is 0 Å². The summed E-state index contributed by atoms with van der Waals surface area (Å²) in [6.07, 6.45) is 8.60. The fraction of sp³-hybridized carbons (Fsp3) is 0.462. The summed E-state index contributed by atoms with van der Waals surface area (Å²) in [7, 11) is 0. The van der Waals surface area contributed by atoms with Crippen LogP contribution in [-0.4, -0.2) is 14.9 Å². The van der Waals surface area contributed by atoms with Gasteiger partial charge in [0.25, 0.3) is 0 Å². The Morgan fingerprint density at radius 1 is 1.50 bits per heavy atom. The molecule has 2 N–H and O–H groups in total. The van der Waals surface area contributed by atoms with E-state index >= 15 is 0 Å². The van der Waals surface area contributed by atoms with E-state index in [4.69, 9.17) is 5.73 Å². The Morgan fingerprint density at radius 3 is 3.06 bits per heavy atom. The van der Waals surface area contributed by atoms with Gasteiger partial charge in [-0.25, -0.2) is 4.98 Å². The molecule has 0 atom stereocenters. The third-order valence-electron chi connectivity index (χ3n) is 3.59.